The van der Waals surface area contributed by atoms with Gasteiger partial charge >= 0.3 is 17.9 Å². The van der Waals surface area contributed by atoms with Crippen LogP contribution in [0.3, 0.4) is 0 Å². The molecule has 9 nitrogen and oxygen atoms in total. The van der Waals surface area contributed by atoms with Crippen molar-refractivity contribution in [2.24, 2.45) is 29.1 Å². The maximum atomic E-state index is 13.6. The van der Waals surface area contributed by atoms with Crippen LogP contribution in [0, 0.1) is 29.1 Å². The van der Waals surface area contributed by atoms with E-state index in [2.05, 4.69) is 0 Å². The summed E-state index contributed by atoms with van der Waals surface area (Å²) in [5.41, 5.74) is -4.45. The highest BCUT2D eigenvalue weighted by Crippen LogP contribution is 2.77. The first-order valence-electron chi connectivity index (χ1n) is 11.9. The summed E-state index contributed by atoms with van der Waals surface area (Å²) >= 11 is 0. The van der Waals surface area contributed by atoms with E-state index in [-0.39, 0.29) is 6.42 Å². The fourth-order valence-electron chi connectivity index (χ4n) is 7.72. The second-order valence-corrected chi connectivity index (χ2v) is 11.1. The highest BCUT2D eigenvalue weighted by atomic mass is 16.6. The van der Waals surface area contributed by atoms with Crippen molar-refractivity contribution >= 4 is 23.7 Å². The molecular weight excluding hydrogens is 456 g/mol. The Hall–Kier alpha value is -2.52. The SMILES string of the molecule is CC(=O)O[C@]12[C@H](C)[C@@H](O)[C@]3(OC(C)=O)[C@H]([C@@H]1C=C(CO)C[C@]1(OC(C)=O)C(=O)C(C)=C[C@@H]21)C3(C)C. The van der Waals surface area contributed by atoms with Crippen molar-refractivity contribution in [1.82, 2.24) is 0 Å². The predicted molar refractivity (Wildman–Crippen MR) is 121 cm³/mol. The zero-order valence-corrected chi connectivity index (χ0v) is 21.2. The van der Waals surface area contributed by atoms with Crippen LogP contribution in [-0.2, 0) is 33.4 Å². The van der Waals surface area contributed by atoms with E-state index in [1.54, 1.807) is 26.0 Å². The van der Waals surface area contributed by atoms with Gasteiger partial charge in [-0.25, -0.2) is 0 Å². The average molecular weight is 491 g/mol. The predicted octanol–water partition coefficient (Wildman–Crippen LogP) is 1.64. The quantitative estimate of drug-likeness (QED) is 0.342. The van der Waals surface area contributed by atoms with Gasteiger partial charge in [-0.15, -0.1) is 0 Å². The van der Waals surface area contributed by atoms with Crippen molar-refractivity contribution in [3.63, 3.8) is 0 Å². The van der Waals surface area contributed by atoms with Crippen LogP contribution in [0.5, 0.6) is 0 Å². The maximum absolute atomic E-state index is 13.6. The van der Waals surface area contributed by atoms with Gasteiger partial charge in [0, 0.05) is 50.4 Å². The number of carbonyl (C=O) groups is 4. The highest BCUT2D eigenvalue weighted by molar-refractivity contribution is 6.06. The largest absolute Gasteiger partial charge is 0.457 e. The van der Waals surface area contributed by atoms with Crippen molar-refractivity contribution in [2.75, 3.05) is 6.61 Å². The zero-order valence-electron chi connectivity index (χ0n) is 21.2. The molecule has 0 bridgehead atoms. The van der Waals surface area contributed by atoms with Crippen LogP contribution in [-0.4, -0.2) is 63.4 Å². The molecule has 4 aliphatic carbocycles. The van der Waals surface area contributed by atoms with Crippen molar-refractivity contribution in [2.45, 2.75) is 77.8 Å². The molecule has 35 heavy (non-hydrogen) atoms. The highest BCUT2D eigenvalue weighted by Gasteiger charge is 2.88. The van der Waals surface area contributed by atoms with Gasteiger partial charge in [0.1, 0.15) is 17.3 Å². The lowest BCUT2D eigenvalue weighted by Crippen LogP contribution is -2.67. The van der Waals surface area contributed by atoms with Crippen LogP contribution < -0.4 is 0 Å². The second-order valence-electron chi connectivity index (χ2n) is 11.1. The third kappa shape index (κ3) is 3.06. The van der Waals surface area contributed by atoms with Gasteiger partial charge in [-0.1, -0.05) is 32.9 Å². The Balaban J connectivity index is 2.05. The van der Waals surface area contributed by atoms with Gasteiger partial charge < -0.3 is 24.4 Å². The Labute approximate surface area is 204 Å². The Bertz CT molecular complexity index is 1070. The number of hydrogen-bond donors (Lipinski definition) is 2. The van der Waals surface area contributed by atoms with Crippen molar-refractivity contribution in [3.8, 4) is 0 Å². The molecule has 0 aromatic rings. The molecule has 2 saturated carbocycles. The van der Waals surface area contributed by atoms with Crippen LogP contribution >= 0.6 is 0 Å². The van der Waals surface area contributed by atoms with E-state index >= 15 is 0 Å². The summed E-state index contributed by atoms with van der Waals surface area (Å²) in [7, 11) is 0. The molecule has 0 spiro atoms. The Kier molecular flexibility index (Phi) is 5.65. The molecule has 0 radical (unpaired) electrons. The number of aliphatic hydroxyl groups is 2. The monoisotopic (exact) mass is 490 g/mol. The van der Waals surface area contributed by atoms with Gasteiger partial charge in [0.25, 0.3) is 0 Å². The molecular formula is C26H34O9. The van der Waals surface area contributed by atoms with Gasteiger partial charge in [-0.05, 0) is 18.1 Å². The van der Waals surface area contributed by atoms with Crippen molar-refractivity contribution in [3.05, 3.63) is 23.3 Å². The van der Waals surface area contributed by atoms with Crippen molar-refractivity contribution < 1.29 is 43.6 Å². The molecule has 0 aliphatic heterocycles. The molecule has 0 saturated heterocycles. The normalized spacial score (nSPS) is 42.9. The molecule has 0 unspecified atom stereocenters. The summed E-state index contributed by atoms with van der Waals surface area (Å²) in [4.78, 5) is 50.7. The second kappa shape index (κ2) is 7.74. The minimum Gasteiger partial charge on any atom is -0.457 e. The lowest BCUT2D eigenvalue weighted by atomic mass is 9.58. The maximum Gasteiger partial charge on any atom is 0.303 e. The number of carbonyl (C=O) groups excluding carboxylic acids is 4. The number of ketones is 1. The van der Waals surface area contributed by atoms with Crippen LogP contribution in [0.1, 0.15) is 54.9 Å². The van der Waals surface area contributed by atoms with E-state index in [4.69, 9.17) is 14.2 Å². The number of aliphatic hydroxyl groups excluding tert-OH is 2. The molecule has 2 fully saturated rings. The first-order chi connectivity index (χ1) is 16.1. The minimum atomic E-state index is -1.75. The molecule has 4 aliphatic rings. The average Bonchev–Trinajstić information content (AvgIpc) is 3.16. The molecule has 0 aromatic carbocycles. The summed E-state index contributed by atoms with van der Waals surface area (Å²) in [5, 5.41) is 22.0. The van der Waals surface area contributed by atoms with Gasteiger partial charge in [0.15, 0.2) is 5.60 Å². The van der Waals surface area contributed by atoms with Gasteiger partial charge in [-0.2, -0.15) is 0 Å². The molecule has 4 rings (SSSR count). The fourth-order valence-corrected chi connectivity index (χ4v) is 7.72. The van der Waals surface area contributed by atoms with Crippen molar-refractivity contribution in [1.29, 1.82) is 0 Å². The third-order valence-electron chi connectivity index (χ3n) is 8.88. The molecule has 0 heterocycles. The summed E-state index contributed by atoms with van der Waals surface area (Å²) < 4.78 is 17.7. The molecule has 2 N–H and O–H groups in total. The van der Waals surface area contributed by atoms with Gasteiger partial charge in [0.2, 0.25) is 5.78 Å². The summed E-state index contributed by atoms with van der Waals surface area (Å²) in [6, 6.07) is 0. The molecule has 8 atom stereocenters. The van der Waals surface area contributed by atoms with E-state index in [1.807, 2.05) is 13.8 Å². The fraction of sp³-hybridized carbons (Fsp3) is 0.692. The van der Waals surface area contributed by atoms with E-state index < -0.39 is 82.3 Å². The van der Waals surface area contributed by atoms with Crippen LogP contribution in [0.25, 0.3) is 0 Å². The summed E-state index contributed by atoms with van der Waals surface area (Å²) in [6.07, 6.45) is 2.09. The number of esters is 3. The van der Waals surface area contributed by atoms with E-state index in [9.17, 15) is 29.4 Å². The Morgan fingerprint density at radius 2 is 1.60 bits per heavy atom. The van der Waals surface area contributed by atoms with Crippen LogP contribution in [0.2, 0.25) is 0 Å². The molecule has 0 aromatic heterocycles. The smallest absolute Gasteiger partial charge is 0.303 e. The van der Waals surface area contributed by atoms with Gasteiger partial charge in [-0.3, -0.25) is 19.2 Å². The van der Waals surface area contributed by atoms with Crippen LogP contribution in [0.15, 0.2) is 23.3 Å². The topological polar surface area (TPSA) is 136 Å². The number of Topliss-reactive ketones (excluding diaryl/α,β-unsaturated/α-hetero) is 1. The summed E-state index contributed by atoms with van der Waals surface area (Å²) in [5.74, 6) is -5.22. The standard InChI is InChI=1S/C26H34O9/c1-12-8-19-24(21(12)31,33-14(3)28)10-17(11-27)9-18-20-23(6,7)26(20,35-16(5)30)22(32)13(2)25(18,19)34-15(4)29/h8-9,13,18-20,22,27,32H,10-11H2,1-7H3/t13-,18+,19-,20-,22-,24-,25-,26-/m1/s1. The Morgan fingerprint density at radius 1 is 1.03 bits per heavy atom. The van der Waals surface area contributed by atoms with E-state index in [0.29, 0.717) is 11.1 Å². The Morgan fingerprint density at radius 3 is 2.11 bits per heavy atom. The number of rotatable bonds is 4. The first kappa shape index (κ1) is 25.6. The molecule has 0 amide bonds. The first-order valence-corrected chi connectivity index (χ1v) is 11.9. The third-order valence-corrected chi connectivity index (χ3v) is 8.88. The van der Waals surface area contributed by atoms with E-state index in [0.717, 1.165) is 0 Å². The lowest BCUT2D eigenvalue weighted by Gasteiger charge is -2.54. The summed E-state index contributed by atoms with van der Waals surface area (Å²) in [6.45, 7) is 10.4. The van der Waals surface area contributed by atoms with Gasteiger partial charge in [0.05, 0.1) is 12.5 Å². The molecule has 9 heteroatoms. The van der Waals surface area contributed by atoms with E-state index in [1.165, 1.54) is 20.8 Å². The zero-order chi connectivity index (χ0) is 26.3. The molecule has 192 valence electrons. The lowest BCUT2D eigenvalue weighted by molar-refractivity contribution is -0.236. The number of fused-ring (bicyclic) bond motifs is 5. The number of hydrogen-bond acceptors (Lipinski definition) is 9. The van der Waals surface area contributed by atoms with Crippen LogP contribution in [0.4, 0.5) is 0 Å². The number of ether oxygens (including phenoxy) is 3. The minimum absolute atomic E-state index is 0.0868.